The average molecular weight is 446 g/mol. The van der Waals surface area contributed by atoms with Crippen LogP contribution in [0.25, 0.3) is 11.5 Å². The van der Waals surface area contributed by atoms with E-state index in [1.807, 2.05) is 73.1 Å². The molecule has 4 rings (SSSR count). The van der Waals surface area contributed by atoms with Crippen molar-refractivity contribution in [3.8, 4) is 17.2 Å². The highest BCUT2D eigenvalue weighted by molar-refractivity contribution is 5.79. The van der Waals surface area contributed by atoms with E-state index in [4.69, 9.17) is 14.1 Å². The normalized spacial score (nSPS) is 11.4. The van der Waals surface area contributed by atoms with Crippen LogP contribution in [0, 0.1) is 6.92 Å². The SMILES string of the molecule is COc1ccc(CN=C(NCc2coc(-c3ccccc3)n2)NCc2nnc(C)n2C)cc1. The molecule has 0 spiro atoms. The maximum atomic E-state index is 5.64. The number of hydrogen-bond acceptors (Lipinski definition) is 6. The van der Waals surface area contributed by atoms with E-state index in [1.54, 1.807) is 13.4 Å². The smallest absolute Gasteiger partial charge is 0.226 e. The van der Waals surface area contributed by atoms with E-state index in [2.05, 4.69) is 25.8 Å². The maximum absolute atomic E-state index is 5.64. The van der Waals surface area contributed by atoms with Crippen LogP contribution in [0.2, 0.25) is 0 Å². The fourth-order valence-corrected chi connectivity index (χ4v) is 3.12. The molecule has 0 aliphatic rings. The summed E-state index contributed by atoms with van der Waals surface area (Å²) in [7, 11) is 3.59. The van der Waals surface area contributed by atoms with E-state index >= 15 is 0 Å². The molecule has 0 fully saturated rings. The van der Waals surface area contributed by atoms with Gasteiger partial charge in [-0.3, -0.25) is 0 Å². The zero-order chi connectivity index (χ0) is 23.0. The second-order valence-corrected chi connectivity index (χ2v) is 7.45. The molecular formula is C24H27N7O2. The van der Waals surface area contributed by atoms with Crippen molar-refractivity contribution in [1.29, 1.82) is 0 Å². The van der Waals surface area contributed by atoms with Gasteiger partial charge in [-0.15, -0.1) is 10.2 Å². The maximum Gasteiger partial charge on any atom is 0.226 e. The van der Waals surface area contributed by atoms with Crippen molar-refractivity contribution >= 4 is 5.96 Å². The summed E-state index contributed by atoms with van der Waals surface area (Å²) in [5.41, 5.74) is 2.79. The summed E-state index contributed by atoms with van der Waals surface area (Å²) >= 11 is 0. The molecule has 9 nitrogen and oxygen atoms in total. The van der Waals surface area contributed by atoms with E-state index < -0.39 is 0 Å². The number of oxazole rings is 1. The lowest BCUT2D eigenvalue weighted by Gasteiger charge is -2.12. The first-order valence-electron chi connectivity index (χ1n) is 10.6. The van der Waals surface area contributed by atoms with Crippen molar-refractivity contribution in [3.63, 3.8) is 0 Å². The Morgan fingerprint density at radius 3 is 2.48 bits per heavy atom. The number of aryl methyl sites for hydroxylation is 1. The van der Waals surface area contributed by atoms with Crippen LogP contribution in [0.4, 0.5) is 0 Å². The summed E-state index contributed by atoms with van der Waals surface area (Å²) in [4.78, 5) is 9.29. The Kier molecular flexibility index (Phi) is 6.99. The molecule has 0 saturated heterocycles. The second-order valence-electron chi connectivity index (χ2n) is 7.45. The number of hydrogen-bond donors (Lipinski definition) is 2. The fraction of sp³-hybridized carbons (Fsp3) is 0.250. The summed E-state index contributed by atoms with van der Waals surface area (Å²) in [6.45, 7) is 3.37. The minimum Gasteiger partial charge on any atom is -0.497 e. The molecule has 33 heavy (non-hydrogen) atoms. The summed E-state index contributed by atoms with van der Waals surface area (Å²) in [6.07, 6.45) is 1.66. The molecule has 2 heterocycles. The molecule has 0 radical (unpaired) electrons. The van der Waals surface area contributed by atoms with Crippen LogP contribution in [0.15, 0.2) is 70.3 Å². The molecule has 9 heteroatoms. The summed E-state index contributed by atoms with van der Waals surface area (Å²) < 4.78 is 12.8. The van der Waals surface area contributed by atoms with Gasteiger partial charge in [0.05, 0.1) is 32.4 Å². The number of aromatic nitrogens is 4. The molecule has 2 aromatic carbocycles. The second kappa shape index (κ2) is 10.4. The molecule has 0 aliphatic heterocycles. The molecule has 2 aromatic heterocycles. The third-order valence-corrected chi connectivity index (χ3v) is 5.18. The van der Waals surface area contributed by atoms with E-state index in [1.165, 1.54) is 0 Å². The van der Waals surface area contributed by atoms with Crippen LogP contribution < -0.4 is 15.4 Å². The Bertz CT molecular complexity index is 1200. The van der Waals surface area contributed by atoms with Gasteiger partial charge < -0.3 is 24.4 Å². The van der Waals surface area contributed by atoms with Crippen LogP contribution in [0.3, 0.4) is 0 Å². The monoisotopic (exact) mass is 445 g/mol. The number of aliphatic imine (C=N–C) groups is 1. The number of nitrogens with one attached hydrogen (secondary N) is 2. The number of ether oxygens (including phenoxy) is 1. The van der Waals surface area contributed by atoms with Gasteiger partial charge in [-0.1, -0.05) is 30.3 Å². The van der Waals surface area contributed by atoms with Crippen molar-refractivity contribution in [2.24, 2.45) is 12.0 Å². The molecule has 170 valence electrons. The molecule has 0 bridgehead atoms. The zero-order valence-electron chi connectivity index (χ0n) is 18.9. The first-order valence-corrected chi connectivity index (χ1v) is 10.6. The van der Waals surface area contributed by atoms with Gasteiger partial charge in [0.15, 0.2) is 11.8 Å². The Morgan fingerprint density at radius 1 is 1.03 bits per heavy atom. The third-order valence-electron chi connectivity index (χ3n) is 5.18. The summed E-state index contributed by atoms with van der Waals surface area (Å²) in [6, 6.07) is 17.7. The van der Waals surface area contributed by atoms with E-state index in [0.717, 1.165) is 34.2 Å². The van der Waals surface area contributed by atoms with Crippen molar-refractivity contribution in [3.05, 3.63) is 83.8 Å². The number of benzene rings is 2. The molecule has 0 saturated carbocycles. The predicted octanol–water partition coefficient (Wildman–Crippen LogP) is 3.22. The van der Waals surface area contributed by atoms with Gasteiger partial charge >= 0.3 is 0 Å². The predicted molar refractivity (Wildman–Crippen MR) is 125 cm³/mol. The molecule has 0 unspecified atom stereocenters. The minimum atomic E-state index is 0.461. The first-order chi connectivity index (χ1) is 16.1. The fourth-order valence-electron chi connectivity index (χ4n) is 3.12. The number of guanidine groups is 1. The Hall–Kier alpha value is -4.14. The minimum absolute atomic E-state index is 0.461. The van der Waals surface area contributed by atoms with E-state index in [9.17, 15) is 0 Å². The summed E-state index contributed by atoms with van der Waals surface area (Å²) in [5, 5.41) is 15.0. The highest BCUT2D eigenvalue weighted by atomic mass is 16.5. The van der Waals surface area contributed by atoms with Gasteiger partial charge in [0, 0.05) is 12.6 Å². The van der Waals surface area contributed by atoms with Crippen LogP contribution in [0.5, 0.6) is 5.75 Å². The van der Waals surface area contributed by atoms with Gasteiger partial charge in [0.1, 0.15) is 17.8 Å². The number of nitrogens with zero attached hydrogens (tertiary/aromatic N) is 5. The zero-order valence-corrected chi connectivity index (χ0v) is 18.9. The van der Waals surface area contributed by atoms with Crippen LogP contribution in [-0.2, 0) is 26.7 Å². The van der Waals surface area contributed by atoms with Crippen LogP contribution >= 0.6 is 0 Å². The van der Waals surface area contributed by atoms with Gasteiger partial charge in [-0.25, -0.2) is 9.98 Å². The van der Waals surface area contributed by atoms with Gasteiger partial charge in [0.25, 0.3) is 0 Å². The lowest BCUT2D eigenvalue weighted by molar-refractivity contribution is 0.414. The highest BCUT2D eigenvalue weighted by Crippen LogP contribution is 2.17. The van der Waals surface area contributed by atoms with Crippen LogP contribution in [0.1, 0.15) is 22.9 Å². The quantitative estimate of drug-likeness (QED) is 0.317. The van der Waals surface area contributed by atoms with E-state index in [-0.39, 0.29) is 0 Å². The standard InChI is InChI=1S/C24H27N7O2/c1-17-29-30-22(31(17)2)15-27-24(25-13-18-9-11-21(32-3)12-10-18)26-14-20-16-33-23(28-20)19-7-5-4-6-8-19/h4-12,16H,13-15H2,1-3H3,(H2,25,26,27). The van der Waals surface area contributed by atoms with Gasteiger partial charge in [-0.05, 0) is 36.8 Å². The topological polar surface area (TPSA) is 102 Å². The lowest BCUT2D eigenvalue weighted by Crippen LogP contribution is -2.37. The highest BCUT2D eigenvalue weighted by Gasteiger charge is 2.09. The molecule has 0 atom stereocenters. The van der Waals surface area contributed by atoms with Crippen LogP contribution in [-0.4, -0.2) is 32.8 Å². The first kappa shape index (κ1) is 22.1. The van der Waals surface area contributed by atoms with Crippen molar-refractivity contribution in [1.82, 2.24) is 30.4 Å². The molecule has 0 amide bonds. The largest absolute Gasteiger partial charge is 0.497 e. The average Bonchev–Trinajstić information content (AvgIpc) is 3.46. The molecule has 4 aromatic rings. The van der Waals surface area contributed by atoms with Gasteiger partial charge in [-0.2, -0.15) is 0 Å². The van der Waals surface area contributed by atoms with Crippen molar-refractivity contribution in [2.75, 3.05) is 7.11 Å². The number of rotatable bonds is 8. The molecular weight excluding hydrogens is 418 g/mol. The molecule has 2 N–H and O–H groups in total. The Morgan fingerprint density at radius 2 is 1.79 bits per heavy atom. The van der Waals surface area contributed by atoms with Crippen molar-refractivity contribution < 1.29 is 9.15 Å². The Balaban J connectivity index is 1.44. The lowest BCUT2D eigenvalue weighted by atomic mass is 10.2. The van der Waals surface area contributed by atoms with E-state index in [0.29, 0.717) is 31.5 Å². The Labute approximate surface area is 192 Å². The molecule has 0 aliphatic carbocycles. The summed E-state index contributed by atoms with van der Waals surface area (Å²) in [5.74, 6) is 3.71. The third kappa shape index (κ3) is 5.76. The van der Waals surface area contributed by atoms with Crippen molar-refractivity contribution in [2.45, 2.75) is 26.6 Å². The number of methoxy groups -OCH3 is 1. The van der Waals surface area contributed by atoms with Gasteiger partial charge in [0.2, 0.25) is 5.89 Å².